The summed E-state index contributed by atoms with van der Waals surface area (Å²) in [4.78, 5) is 17.1. The van der Waals surface area contributed by atoms with Gasteiger partial charge in [-0.1, -0.05) is 13.0 Å². The van der Waals surface area contributed by atoms with Crippen LogP contribution in [-0.2, 0) is 10.0 Å². The van der Waals surface area contributed by atoms with Gasteiger partial charge in [0.1, 0.15) is 5.82 Å². The Hall–Kier alpha value is -1.67. The van der Waals surface area contributed by atoms with Gasteiger partial charge in [0.15, 0.2) is 5.69 Å². The number of nitrogens with zero attached hydrogens (tertiary/aromatic N) is 3. The molecule has 7 nitrogen and oxygen atoms in total. The predicted octanol–water partition coefficient (Wildman–Crippen LogP) is 1.03. The van der Waals surface area contributed by atoms with Gasteiger partial charge in [-0.05, 0) is 25.0 Å². The Kier molecular flexibility index (Phi) is 5.02. The molecule has 1 aromatic rings. The van der Waals surface area contributed by atoms with Gasteiger partial charge in [-0.3, -0.25) is 0 Å². The van der Waals surface area contributed by atoms with Crippen molar-refractivity contribution in [3.8, 4) is 0 Å². The number of hydrogen-bond donors (Lipinski definition) is 1. The topological polar surface area (TPSA) is 90.8 Å². The molecule has 0 bridgehead atoms. The van der Waals surface area contributed by atoms with Crippen LogP contribution >= 0.6 is 0 Å². The minimum atomic E-state index is -3.19. The molecule has 1 aliphatic heterocycles. The summed E-state index contributed by atoms with van der Waals surface area (Å²) in [7, 11) is -3.19. The SMILES string of the molecule is CCN(C1CCN(c2cccc(C(=O)O)n2)CC1)S(C)(=O)=O. The Labute approximate surface area is 130 Å². The van der Waals surface area contributed by atoms with E-state index in [1.54, 1.807) is 12.1 Å². The van der Waals surface area contributed by atoms with Crippen LogP contribution in [0.2, 0.25) is 0 Å². The van der Waals surface area contributed by atoms with Crippen LogP contribution in [0.25, 0.3) is 0 Å². The average Bonchev–Trinajstić information content (AvgIpc) is 2.47. The molecule has 0 saturated carbocycles. The van der Waals surface area contributed by atoms with Crippen LogP contribution in [0.1, 0.15) is 30.3 Å². The standard InChI is InChI=1S/C14H21N3O4S/c1-3-17(22(2,20)21)11-7-9-16(10-8-11)13-6-4-5-12(15-13)14(18)19/h4-6,11H,3,7-10H2,1-2H3,(H,18,19). The molecule has 0 radical (unpaired) electrons. The number of carboxylic acid groups (broad SMARTS) is 1. The number of aromatic carboxylic acids is 1. The molecule has 8 heteroatoms. The summed E-state index contributed by atoms with van der Waals surface area (Å²) in [5, 5.41) is 8.99. The van der Waals surface area contributed by atoms with Gasteiger partial charge in [-0.2, -0.15) is 4.31 Å². The number of rotatable bonds is 5. The summed E-state index contributed by atoms with van der Waals surface area (Å²) < 4.78 is 25.1. The van der Waals surface area contributed by atoms with Gasteiger partial charge in [0.05, 0.1) is 6.26 Å². The molecule has 0 aliphatic carbocycles. The second-order valence-electron chi connectivity index (χ2n) is 5.37. The van der Waals surface area contributed by atoms with E-state index in [1.165, 1.54) is 16.6 Å². The minimum absolute atomic E-state index is 0.00101. The van der Waals surface area contributed by atoms with E-state index in [0.717, 1.165) is 0 Å². The second-order valence-corrected chi connectivity index (χ2v) is 7.31. The van der Waals surface area contributed by atoms with Gasteiger partial charge < -0.3 is 10.0 Å². The Morgan fingerprint density at radius 2 is 2.05 bits per heavy atom. The molecule has 2 rings (SSSR count). The zero-order chi connectivity index (χ0) is 16.3. The third-order valence-corrected chi connectivity index (χ3v) is 5.30. The summed E-state index contributed by atoms with van der Waals surface area (Å²) in [6.45, 7) is 3.63. The Morgan fingerprint density at radius 1 is 1.41 bits per heavy atom. The summed E-state index contributed by atoms with van der Waals surface area (Å²) in [6.07, 6.45) is 2.65. The van der Waals surface area contributed by atoms with Gasteiger partial charge >= 0.3 is 5.97 Å². The largest absolute Gasteiger partial charge is 0.477 e. The molecular formula is C14H21N3O4S. The van der Waals surface area contributed by atoms with Gasteiger partial charge in [0, 0.05) is 25.7 Å². The molecule has 0 atom stereocenters. The normalized spacial score (nSPS) is 17.0. The minimum Gasteiger partial charge on any atom is -0.477 e. The lowest BCUT2D eigenvalue weighted by Gasteiger charge is -2.37. The molecule has 1 saturated heterocycles. The molecule has 1 N–H and O–H groups in total. The zero-order valence-corrected chi connectivity index (χ0v) is 13.6. The molecule has 1 aromatic heterocycles. The third-order valence-electron chi connectivity index (χ3n) is 3.89. The van der Waals surface area contributed by atoms with E-state index in [1.807, 2.05) is 11.8 Å². The van der Waals surface area contributed by atoms with E-state index in [4.69, 9.17) is 5.11 Å². The van der Waals surface area contributed by atoms with Gasteiger partial charge in [-0.25, -0.2) is 18.2 Å². The molecule has 2 heterocycles. The monoisotopic (exact) mass is 327 g/mol. The summed E-state index contributed by atoms with van der Waals surface area (Å²) in [5.74, 6) is -0.424. The highest BCUT2D eigenvalue weighted by Gasteiger charge is 2.29. The van der Waals surface area contributed by atoms with Crippen molar-refractivity contribution in [1.82, 2.24) is 9.29 Å². The van der Waals surface area contributed by atoms with Crippen LogP contribution in [0.4, 0.5) is 5.82 Å². The van der Waals surface area contributed by atoms with E-state index >= 15 is 0 Å². The first kappa shape index (κ1) is 16.7. The number of aromatic nitrogens is 1. The first-order valence-corrected chi connectivity index (χ1v) is 9.10. The summed E-state index contributed by atoms with van der Waals surface area (Å²) >= 11 is 0. The van der Waals surface area contributed by atoms with Crippen molar-refractivity contribution in [2.75, 3.05) is 30.8 Å². The van der Waals surface area contributed by atoms with Crippen LogP contribution in [0.3, 0.4) is 0 Å². The first-order valence-electron chi connectivity index (χ1n) is 7.25. The number of anilines is 1. The lowest BCUT2D eigenvalue weighted by Crippen LogP contribution is -2.47. The van der Waals surface area contributed by atoms with Crippen LogP contribution < -0.4 is 4.90 Å². The van der Waals surface area contributed by atoms with Crippen molar-refractivity contribution in [2.24, 2.45) is 0 Å². The molecule has 0 spiro atoms. The molecule has 122 valence electrons. The number of carboxylic acids is 1. The average molecular weight is 327 g/mol. The van der Waals surface area contributed by atoms with E-state index in [0.29, 0.717) is 38.3 Å². The van der Waals surface area contributed by atoms with E-state index in [2.05, 4.69) is 4.98 Å². The summed E-state index contributed by atoms with van der Waals surface area (Å²) in [6, 6.07) is 4.91. The van der Waals surface area contributed by atoms with Crippen LogP contribution in [0.15, 0.2) is 18.2 Å². The fourth-order valence-electron chi connectivity index (χ4n) is 2.86. The molecule has 0 aromatic carbocycles. The predicted molar refractivity (Wildman–Crippen MR) is 83.7 cm³/mol. The zero-order valence-electron chi connectivity index (χ0n) is 12.8. The maximum absolute atomic E-state index is 11.8. The number of pyridine rings is 1. The molecule has 22 heavy (non-hydrogen) atoms. The number of sulfonamides is 1. The maximum atomic E-state index is 11.8. The number of carbonyl (C=O) groups is 1. The Bertz CT molecular complexity index is 639. The number of hydrogen-bond acceptors (Lipinski definition) is 5. The highest BCUT2D eigenvalue weighted by molar-refractivity contribution is 7.88. The van der Waals surface area contributed by atoms with Crippen LogP contribution in [-0.4, -0.2) is 60.7 Å². The highest BCUT2D eigenvalue weighted by atomic mass is 32.2. The molecule has 0 amide bonds. The van der Waals surface area contributed by atoms with E-state index < -0.39 is 16.0 Å². The van der Waals surface area contributed by atoms with E-state index in [9.17, 15) is 13.2 Å². The van der Waals surface area contributed by atoms with Crippen molar-refractivity contribution >= 4 is 21.8 Å². The Morgan fingerprint density at radius 3 is 2.55 bits per heavy atom. The van der Waals surface area contributed by atoms with E-state index in [-0.39, 0.29) is 11.7 Å². The number of piperidine rings is 1. The van der Waals surface area contributed by atoms with Crippen LogP contribution in [0, 0.1) is 0 Å². The van der Waals surface area contributed by atoms with Gasteiger partial charge in [0.2, 0.25) is 10.0 Å². The van der Waals surface area contributed by atoms with Crippen LogP contribution in [0.5, 0.6) is 0 Å². The van der Waals surface area contributed by atoms with Gasteiger partial charge in [0.25, 0.3) is 0 Å². The smallest absolute Gasteiger partial charge is 0.354 e. The fraction of sp³-hybridized carbons (Fsp3) is 0.571. The quantitative estimate of drug-likeness (QED) is 0.868. The summed E-state index contributed by atoms with van der Waals surface area (Å²) in [5.41, 5.74) is 0.0194. The van der Waals surface area contributed by atoms with Crippen molar-refractivity contribution < 1.29 is 18.3 Å². The molecule has 0 unspecified atom stereocenters. The lowest BCUT2D eigenvalue weighted by atomic mass is 10.1. The first-order chi connectivity index (χ1) is 10.3. The van der Waals surface area contributed by atoms with Crippen molar-refractivity contribution in [1.29, 1.82) is 0 Å². The molecular weight excluding hydrogens is 306 g/mol. The Balaban J connectivity index is 2.06. The fourth-order valence-corrected chi connectivity index (χ4v) is 4.09. The molecule has 1 fully saturated rings. The van der Waals surface area contributed by atoms with Crippen molar-refractivity contribution in [3.05, 3.63) is 23.9 Å². The maximum Gasteiger partial charge on any atom is 0.354 e. The second kappa shape index (κ2) is 6.62. The highest BCUT2D eigenvalue weighted by Crippen LogP contribution is 2.22. The van der Waals surface area contributed by atoms with Gasteiger partial charge in [-0.15, -0.1) is 0 Å². The third kappa shape index (κ3) is 3.75. The van der Waals surface area contributed by atoms with Crippen molar-refractivity contribution in [2.45, 2.75) is 25.8 Å². The molecule has 1 aliphatic rings. The lowest BCUT2D eigenvalue weighted by molar-refractivity contribution is 0.0690. The van der Waals surface area contributed by atoms with Crippen molar-refractivity contribution in [3.63, 3.8) is 0 Å².